The van der Waals surface area contributed by atoms with Crippen molar-refractivity contribution in [1.82, 2.24) is 0 Å². The molecule has 0 aliphatic heterocycles. The van der Waals surface area contributed by atoms with Crippen LogP contribution in [-0.4, -0.2) is 23.5 Å². The molecule has 0 aromatic heterocycles. The third-order valence-electron chi connectivity index (χ3n) is 2.95. The summed E-state index contributed by atoms with van der Waals surface area (Å²) in [5.74, 6) is -0.730. The van der Waals surface area contributed by atoms with Gasteiger partial charge in [-0.05, 0) is 24.1 Å². The highest BCUT2D eigenvalue weighted by molar-refractivity contribution is 7.94. The maximum Gasteiger partial charge on any atom is 0.175 e. The number of aliphatic hydroxyl groups excluding tert-OH is 1. The molecule has 0 saturated heterocycles. The van der Waals surface area contributed by atoms with Gasteiger partial charge >= 0.3 is 0 Å². The zero-order valence-corrected chi connectivity index (χ0v) is 11.8. The Kier molecular flexibility index (Phi) is 4.75. The number of alkyl halides is 1. The molecule has 1 N–H and O–H groups in total. The summed E-state index contributed by atoms with van der Waals surface area (Å²) in [4.78, 5) is 0. The second-order valence-corrected chi connectivity index (χ2v) is 7.43. The molecule has 0 aliphatic rings. The minimum Gasteiger partial charge on any atom is -0.385 e. The zero-order valence-electron chi connectivity index (χ0n) is 10.2. The van der Waals surface area contributed by atoms with E-state index >= 15 is 0 Å². The molecular formula is C12H16ClFO3S. The Morgan fingerprint density at radius 2 is 2.06 bits per heavy atom. The van der Waals surface area contributed by atoms with E-state index in [1.807, 2.05) is 0 Å². The van der Waals surface area contributed by atoms with Gasteiger partial charge in [-0.1, -0.05) is 37.6 Å². The lowest BCUT2D eigenvalue weighted by atomic mass is 10.0. The highest BCUT2D eigenvalue weighted by Gasteiger charge is 2.46. The summed E-state index contributed by atoms with van der Waals surface area (Å²) < 4.78 is 35.2. The van der Waals surface area contributed by atoms with Crippen LogP contribution in [0.2, 0.25) is 0 Å². The Hall–Kier alpha value is -0.650. The Morgan fingerprint density at radius 3 is 2.50 bits per heavy atom. The average molecular weight is 295 g/mol. The van der Waals surface area contributed by atoms with Gasteiger partial charge in [0.25, 0.3) is 0 Å². The minimum atomic E-state index is -3.68. The average Bonchev–Trinajstić information content (AvgIpc) is 2.36. The molecule has 0 heterocycles. The molecule has 0 radical (unpaired) electrons. The molecule has 0 fully saturated rings. The zero-order chi connectivity index (χ0) is 14.0. The van der Waals surface area contributed by atoms with E-state index in [1.165, 1.54) is 25.1 Å². The molecule has 18 heavy (non-hydrogen) atoms. The fraction of sp³-hybridized carbons (Fsp3) is 0.500. The molecule has 6 heteroatoms. The lowest BCUT2D eigenvalue weighted by Gasteiger charge is -2.30. The quantitative estimate of drug-likeness (QED) is 0.850. The van der Waals surface area contributed by atoms with Gasteiger partial charge in [0.1, 0.15) is 11.9 Å². The van der Waals surface area contributed by atoms with Crippen LogP contribution in [-0.2, 0) is 9.84 Å². The van der Waals surface area contributed by atoms with Gasteiger partial charge in [-0.15, -0.1) is 0 Å². The van der Waals surface area contributed by atoms with E-state index in [0.717, 1.165) is 6.07 Å². The van der Waals surface area contributed by atoms with E-state index in [0.29, 0.717) is 0 Å². The van der Waals surface area contributed by atoms with Gasteiger partial charge in [0, 0.05) is 5.75 Å². The fourth-order valence-electron chi connectivity index (χ4n) is 1.75. The maximum absolute atomic E-state index is 13.1. The van der Waals surface area contributed by atoms with Gasteiger partial charge in [-0.3, -0.25) is 0 Å². The topological polar surface area (TPSA) is 54.4 Å². The van der Waals surface area contributed by atoms with Gasteiger partial charge in [0.2, 0.25) is 0 Å². The second-order valence-electron chi connectivity index (χ2n) is 4.00. The summed E-state index contributed by atoms with van der Waals surface area (Å²) in [6.07, 6.45) is -1.44. The van der Waals surface area contributed by atoms with Gasteiger partial charge in [0.05, 0.1) is 0 Å². The molecule has 1 rings (SSSR count). The van der Waals surface area contributed by atoms with Crippen LogP contribution in [0.4, 0.5) is 4.39 Å². The molecule has 0 spiro atoms. The van der Waals surface area contributed by atoms with Crippen molar-refractivity contribution in [2.45, 2.75) is 30.6 Å². The van der Waals surface area contributed by atoms with Crippen molar-refractivity contribution < 1.29 is 17.9 Å². The molecule has 0 aliphatic carbocycles. The number of benzene rings is 1. The van der Waals surface area contributed by atoms with Gasteiger partial charge in [-0.2, -0.15) is 0 Å². The van der Waals surface area contributed by atoms with Crippen molar-refractivity contribution in [3.8, 4) is 0 Å². The first-order valence-electron chi connectivity index (χ1n) is 5.63. The first-order valence-corrected chi connectivity index (χ1v) is 7.66. The van der Waals surface area contributed by atoms with Crippen LogP contribution in [0.3, 0.4) is 0 Å². The predicted molar refractivity (Wildman–Crippen MR) is 69.7 cm³/mol. The summed E-state index contributed by atoms with van der Waals surface area (Å²) in [7, 11) is -3.68. The Balaban J connectivity index is 3.26. The summed E-state index contributed by atoms with van der Waals surface area (Å²) >= 11 is 6.09. The first kappa shape index (κ1) is 15.4. The van der Waals surface area contributed by atoms with E-state index in [-0.39, 0.29) is 17.7 Å². The Bertz CT molecular complexity index is 518. The van der Waals surface area contributed by atoms with Crippen molar-refractivity contribution in [1.29, 1.82) is 0 Å². The third kappa shape index (κ3) is 2.68. The van der Waals surface area contributed by atoms with Crippen molar-refractivity contribution >= 4 is 21.4 Å². The molecule has 2 atom stereocenters. The Morgan fingerprint density at radius 1 is 1.44 bits per heavy atom. The molecule has 1 aromatic carbocycles. The van der Waals surface area contributed by atoms with Crippen molar-refractivity contribution in [3.63, 3.8) is 0 Å². The second kappa shape index (κ2) is 5.55. The van der Waals surface area contributed by atoms with Gasteiger partial charge in [0.15, 0.2) is 14.0 Å². The number of rotatable bonds is 5. The largest absolute Gasteiger partial charge is 0.385 e. The lowest BCUT2D eigenvalue weighted by molar-refractivity contribution is 0.154. The molecule has 0 amide bonds. The summed E-state index contributed by atoms with van der Waals surface area (Å²) in [6.45, 7) is 3.03. The highest BCUT2D eigenvalue weighted by atomic mass is 35.5. The van der Waals surface area contributed by atoms with Crippen LogP contribution in [0.15, 0.2) is 24.3 Å². The van der Waals surface area contributed by atoms with E-state index in [4.69, 9.17) is 11.6 Å². The molecule has 0 unspecified atom stereocenters. The van der Waals surface area contributed by atoms with E-state index in [1.54, 1.807) is 6.92 Å². The molecule has 102 valence electrons. The molecular weight excluding hydrogens is 279 g/mol. The summed E-state index contributed by atoms with van der Waals surface area (Å²) in [5, 5.41) is 10.2. The van der Waals surface area contributed by atoms with Gasteiger partial charge in [-0.25, -0.2) is 12.8 Å². The SMILES string of the molecule is CC[C@](Cl)([C@H](O)c1cccc(F)c1)S(=O)(=O)CC. The number of hydrogen-bond donors (Lipinski definition) is 1. The van der Waals surface area contributed by atoms with Crippen molar-refractivity contribution in [2.75, 3.05) is 5.75 Å². The van der Waals surface area contributed by atoms with Crippen LogP contribution in [0.5, 0.6) is 0 Å². The number of aliphatic hydroxyl groups is 1. The lowest BCUT2D eigenvalue weighted by Crippen LogP contribution is -2.39. The monoisotopic (exact) mass is 294 g/mol. The highest BCUT2D eigenvalue weighted by Crippen LogP contribution is 2.40. The van der Waals surface area contributed by atoms with E-state index in [2.05, 4.69) is 0 Å². The van der Waals surface area contributed by atoms with Crippen LogP contribution in [0.1, 0.15) is 31.9 Å². The minimum absolute atomic E-state index is 0.0302. The molecule has 0 bridgehead atoms. The number of sulfone groups is 1. The van der Waals surface area contributed by atoms with Crippen LogP contribution in [0, 0.1) is 5.82 Å². The molecule has 1 aromatic rings. The van der Waals surface area contributed by atoms with Crippen molar-refractivity contribution in [2.24, 2.45) is 0 Å². The standard InChI is InChI=1S/C12H16ClFO3S/c1-3-12(13,18(16,17)4-2)11(15)9-6-5-7-10(14)8-9/h5-8,11,15H,3-4H2,1-2H3/t11-,12-/m1/s1. The van der Waals surface area contributed by atoms with Gasteiger partial charge < -0.3 is 5.11 Å². The summed E-state index contributed by atoms with van der Waals surface area (Å²) in [6, 6.07) is 5.15. The molecule has 0 saturated carbocycles. The molecule has 3 nitrogen and oxygen atoms in total. The van der Waals surface area contributed by atoms with Crippen molar-refractivity contribution in [3.05, 3.63) is 35.6 Å². The van der Waals surface area contributed by atoms with E-state index < -0.39 is 26.0 Å². The fourth-order valence-corrected chi connectivity index (χ4v) is 3.60. The van der Waals surface area contributed by atoms with E-state index in [9.17, 15) is 17.9 Å². The number of hydrogen-bond acceptors (Lipinski definition) is 3. The summed E-state index contributed by atoms with van der Waals surface area (Å²) in [5.41, 5.74) is 0.156. The third-order valence-corrected chi connectivity index (χ3v) is 6.44. The van der Waals surface area contributed by atoms with Crippen LogP contribution < -0.4 is 0 Å². The Labute approximate surface area is 112 Å². The first-order chi connectivity index (χ1) is 8.28. The van der Waals surface area contributed by atoms with Crippen LogP contribution >= 0.6 is 11.6 Å². The van der Waals surface area contributed by atoms with Crippen LogP contribution in [0.25, 0.3) is 0 Å². The maximum atomic E-state index is 13.1. The normalized spacial score (nSPS) is 17.2. The number of halogens is 2. The smallest absolute Gasteiger partial charge is 0.175 e. The predicted octanol–water partition coefficient (Wildman–Crippen LogP) is 2.64.